The second-order valence-corrected chi connectivity index (χ2v) is 3.97. The molecule has 0 heterocycles. The number of phosphoric ester groups is 1. The van der Waals surface area contributed by atoms with Crippen molar-refractivity contribution in [1.29, 1.82) is 0 Å². The van der Waals surface area contributed by atoms with E-state index in [-0.39, 0.29) is 12.8 Å². The molecule has 0 saturated carbocycles. The molecule has 1 atom stereocenters. The Balaban J connectivity index is 3.50. The number of hydrogen-bond acceptors (Lipinski definition) is 4. The van der Waals surface area contributed by atoms with Gasteiger partial charge in [-0.2, -0.15) is 0 Å². The summed E-state index contributed by atoms with van der Waals surface area (Å²) in [6, 6.07) is 0. The fourth-order valence-corrected chi connectivity index (χ4v) is 1.31. The molecular formula is C6H14NO6P. The minimum Gasteiger partial charge on any atom is -0.481 e. The summed E-state index contributed by atoms with van der Waals surface area (Å²) in [6.45, 7) is 0. The molecule has 0 aromatic carbocycles. The van der Waals surface area contributed by atoms with Gasteiger partial charge in [0.1, 0.15) is 6.23 Å². The number of carbonyl (C=O) groups is 1. The maximum Gasteiger partial charge on any atom is 0.471 e. The van der Waals surface area contributed by atoms with E-state index in [4.69, 9.17) is 20.6 Å². The Kier molecular flexibility index (Phi) is 5.90. The van der Waals surface area contributed by atoms with Crippen molar-refractivity contribution in [1.82, 2.24) is 0 Å². The Morgan fingerprint density at radius 2 is 2.00 bits per heavy atom. The first-order chi connectivity index (χ1) is 6.31. The zero-order valence-electron chi connectivity index (χ0n) is 7.50. The van der Waals surface area contributed by atoms with Crippen LogP contribution >= 0.6 is 7.82 Å². The van der Waals surface area contributed by atoms with Crippen LogP contribution in [0.25, 0.3) is 0 Å². The highest BCUT2D eigenvalue weighted by Crippen LogP contribution is 2.37. The van der Waals surface area contributed by atoms with Crippen molar-refractivity contribution in [2.24, 2.45) is 5.73 Å². The van der Waals surface area contributed by atoms with Gasteiger partial charge in [0.25, 0.3) is 0 Å². The van der Waals surface area contributed by atoms with E-state index in [1.807, 2.05) is 0 Å². The molecule has 0 aromatic heterocycles. The van der Waals surface area contributed by atoms with E-state index in [1.165, 1.54) is 0 Å². The van der Waals surface area contributed by atoms with Crippen molar-refractivity contribution in [3.05, 3.63) is 0 Å². The van der Waals surface area contributed by atoms with Crippen LogP contribution in [-0.4, -0.2) is 27.1 Å². The summed E-state index contributed by atoms with van der Waals surface area (Å²) in [6.07, 6.45) is 0.0480. The van der Waals surface area contributed by atoms with Gasteiger partial charge in [0.15, 0.2) is 0 Å². The smallest absolute Gasteiger partial charge is 0.471 e. The average molecular weight is 227 g/mol. The first-order valence-corrected chi connectivity index (χ1v) is 5.55. The standard InChI is InChI=1S/C6H14NO6P/c7-5(13-14(10,11)12)3-1-2-4-6(8)9/h5H,1-4,7H2,(H,8,9)(H2,10,11,12). The van der Waals surface area contributed by atoms with Crippen LogP contribution in [0.2, 0.25) is 0 Å². The molecule has 0 radical (unpaired) electrons. The summed E-state index contributed by atoms with van der Waals surface area (Å²) in [7, 11) is -4.53. The number of rotatable bonds is 7. The predicted octanol–water partition coefficient (Wildman–Crippen LogP) is 0.0255. The first kappa shape index (κ1) is 13.5. The Labute approximate surface area is 81.1 Å². The third kappa shape index (κ3) is 9.63. The summed E-state index contributed by atoms with van der Waals surface area (Å²) >= 11 is 0. The molecule has 8 heteroatoms. The Bertz CT molecular complexity index is 226. The molecule has 5 N–H and O–H groups in total. The number of nitrogens with two attached hydrogens (primary N) is 1. The zero-order chi connectivity index (χ0) is 11.2. The summed E-state index contributed by atoms with van der Waals surface area (Å²) in [5.41, 5.74) is 5.21. The van der Waals surface area contributed by atoms with E-state index in [9.17, 15) is 9.36 Å². The second-order valence-electron chi connectivity index (χ2n) is 2.77. The van der Waals surface area contributed by atoms with Gasteiger partial charge in [0, 0.05) is 6.42 Å². The molecule has 0 aliphatic heterocycles. The quantitative estimate of drug-likeness (QED) is 0.274. The van der Waals surface area contributed by atoms with Crippen molar-refractivity contribution in [2.75, 3.05) is 0 Å². The van der Waals surface area contributed by atoms with Gasteiger partial charge in [-0.25, -0.2) is 4.57 Å². The fraction of sp³-hybridized carbons (Fsp3) is 0.833. The molecule has 0 spiro atoms. The molecule has 0 fully saturated rings. The number of carboxylic acids is 1. The van der Waals surface area contributed by atoms with E-state index in [0.29, 0.717) is 12.8 Å². The highest BCUT2D eigenvalue weighted by Gasteiger charge is 2.18. The zero-order valence-corrected chi connectivity index (χ0v) is 8.39. The number of phosphoric acid groups is 1. The Hall–Kier alpha value is -0.460. The number of unbranched alkanes of at least 4 members (excludes halogenated alkanes) is 1. The van der Waals surface area contributed by atoms with Crippen LogP contribution in [0.1, 0.15) is 25.7 Å². The lowest BCUT2D eigenvalue weighted by molar-refractivity contribution is -0.137. The SMILES string of the molecule is NC(CCCCC(=O)O)OP(=O)(O)O. The molecule has 14 heavy (non-hydrogen) atoms. The number of carboxylic acid groups (broad SMARTS) is 1. The molecule has 0 saturated heterocycles. The maximum atomic E-state index is 10.3. The normalized spacial score (nSPS) is 13.9. The van der Waals surface area contributed by atoms with Crippen LogP contribution in [0.3, 0.4) is 0 Å². The molecule has 1 unspecified atom stereocenters. The van der Waals surface area contributed by atoms with Crippen LogP contribution < -0.4 is 5.73 Å². The molecule has 0 rings (SSSR count). The van der Waals surface area contributed by atoms with Gasteiger partial charge in [-0.05, 0) is 19.3 Å². The van der Waals surface area contributed by atoms with E-state index in [2.05, 4.69) is 4.52 Å². The number of aliphatic carboxylic acids is 1. The van der Waals surface area contributed by atoms with Gasteiger partial charge in [0.2, 0.25) is 0 Å². The highest BCUT2D eigenvalue weighted by atomic mass is 31.2. The van der Waals surface area contributed by atoms with Crippen molar-refractivity contribution >= 4 is 13.8 Å². The summed E-state index contributed by atoms with van der Waals surface area (Å²) < 4.78 is 14.4. The van der Waals surface area contributed by atoms with Crippen LogP contribution in [0, 0.1) is 0 Å². The predicted molar refractivity (Wildman–Crippen MR) is 47.2 cm³/mol. The van der Waals surface area contributed by atoms with E-state index >= 15 is 0 Å². The van der Waals surface area contributed by atoms with Crippen molar-refractivity contribution in [2.45, 2.75) is 31.9 Å². The lowest BCUT2D eigenvalue weighted by Gasteiger charge is -2.12. The summed E-state index contributed by atoms with van der Waals surface area (Å²) in [5.74, 6) is -0.908. The maximum absolute atomic E-state index is 10.3. The van der Waals surface area contributed by atoms with Gasteiger partial charge in [-0.1, -0.05) is 0 Å². The Morgan fingerprint density at radius 1 is 1.43 bits per heavy atom. The van der Waals surface area contributed by atoms with E-state index < -0.39 is 20.0 Å². The molecule has 7 nitrogen and oxygen atoms in total. The van der Waals surface area contributed by atoms with E-state index in [0.717, 1.165) is 0 Å². The third-order valence-electron chi connectivity index (χ3n) is 1.40. The lowest BCUT2D eigenvalue weighted by Crippen LogP contribution is -2.22. The Morgan fingerprint density at radius 3 is 2.43 bits per heavy atom. The monoisotopic (exact) mass is 227 g/mol. The second kappa shape index (κ2) is 6.10. The topological polar surface area (TPSA) is 130 Å². The van der Waals surface area contributed by atoms with Crippen LogP contribution in [0.4, 0.5) is 0 Å². The molecule has 0 amide bonds. The molecule has 0 aromatic rings. The first-order valence-electron chi connectivity index (χ1n) is 4.02. The number of hydrogen-bond donors (Lipinski definition) is 4. The molecule has 84 valence electrons. The molecule has 0 aliphatic rings. The van der Waals surface area contributed by atoms with Gasteiger partial charge in [-0.15, -0.1) is 0 Å². The van der Waals surface area contributed by atoms with E-state index in [1.54, 1.807) is 0 Å². The van der Waals surface area contributed by atoms with Gasteiger partial charge < -0.3 is 20.6 Å². The van der Waals surface area contributed by atoms with Gasteiger partial charge in [0.05, 0.1) is 0 Å². The van der Waals surface area contributed by atoms with Crippen LogP contribution in [0.15, 0.2) is 0 Å². The van der Waals surface area contributed by atoms with Crippen molar-refractivity contribution in [3.63, 3.8) is 0 Å². The van der Waals surface area contributed by atoms with Crippen LogP contribution in [-0.2, 0) is 13.9 Å². The van der Waals surface area contributed by atoms with Crippen molar-refractivity contribution < 1.29 is 28.8 Å². The third-order valence-corrected chi connectivity index (χ3v) is 1.95. The largest absolute Gasteiger partial charge is 0.481 e. The molecule has 0 aliphatic carbocycles. The average Bonchev–Trinajstić information content (AvgIpc) is 1.94. The van der Waals surface area contributed by atoms with Crippen molar-refractivity contribution in [3.8, 4) is 0 Å². The minimum atomic E-state index is -4.53. The summed E-state index contributed by atoms with van der Waals surface area (Å²) in [5, 5.41) is 8.28. The minimum absolute atomic E-state index is 0.0165. The molecular weight excluding hydrogens is 213 g/mol. The highest BCUT2D eigenvalue weighted by molar-refractivity contribution is 7.46. The molecule has 0 bridgehead atoms. The van der Waals surface area contributed by atoms with Gasteiger partial charge >= 0.3 is 13.8 Å². The van der Waals surface area contributed by atoms with Crippen LogP contribution in [0.5, 0.6) is 0 Å². The lowest BCUT2D eigenvalue weighted by atomic mass is 10.2. The fourth-order valence-electron chi connectivity index (χ4n) is 0.851. The van der Waals surface area contributed by atoms with Gasteiger partial charge in [-0.3, -0.25) is 9.32 Å². The summed E-state index contributed by atoms with van der Waals surface area (Å²) in [4.78, 5) is 26.8.